The third kappa shape index (κ3) is 4.45. The van der Waals surface area contributed by atoms with Crippen molar-refractivity contribution in [3.05, 3.63) is 77.5 Å². The van der Waals surface area contributed by atoms with E-state index in [9.17, 15) is 9.90 Å². The van der Waals surface area contributed by atoms with Crippen LogP contribution in [0, 0.1) is 6.92 Å². The number of pyridine rings is 1. The average Bonchev–Trinajstić information content (AvgIpc) is 3.46. The van der Waals surface area contributed by atoms with Crippen LogP contribution >= 0.6 is 0 Å². The number of aromatic hydroxyl groups is 1. The van der Waals surface area contributed by atoms with Crippen LogP contribution in [0.4, 0.5) is 0 Å². The Hall–Kier alpha value is -3.71. The second-order valence-electron chi connectivity index (χ2n) is 8.59. The molecule has 0 aliphatic carbocycles. The Morgan fingerprint density at radius 2 is 1.97 bits per heavy atom. The summed E-state index contributed by atoms with van der Waals surface area (Å²) in [5.74, 6) is 0.612. The third-order valence-corrected chi connectivity index (χ3v) is 6.38. The Bertz CT molecular complexity index is 1270. The van der Waals surface area contributed by atoms with Gasteiger partial charge in [0.05, 0.1) is 22.3 Å². The van der Waals surface area contributed by atoms with Gasteiger partial charge in [0.25, 0.3) is 5.91 Å². The SMILES string of the molecule is Cc1n[nH]c2nc(-c3ccc(O)cc3)cc(C(=O)NCCN3CCC(c4ccccc4)C3)c12. The number of benzene rings is 2. The second-order valence-corrected chi connectivity index (χ2v) is 8.59. The number of fused-ring (bicyclic) bond motifs is 1. The lowest BCUT2D eigenvalue weighted by Gasteiger charge is -2.17. The highest BCUT2D eigenvalue weighted by Crippen LogP contribution is 2.28. The molecule has 1 aliphatic heterocycles. The number of carbonyl (C=O) groups is 1. The first-order valence-electron chi connectivity index (χ1n) is 11.3. The monoisotopic (exact) mass is 441 g/mol. The largest absolute Gasteiger partial charge is 0.508 e. The highest BCUT2D eigenvalue weighted by Gasteiger charge is 2.24. The second kappa shape index (κ2) is 9.03. The molecule has 1 unspecified atom stereocenters. The zero-order chi connectivity index (χ0) is 22.8. The third-order valence-electron chi connectivity index (χ3n) is 6.38. The van der Waals surface area contributed by atoms with E-state index in [1.165, 1.54) is 5.56 Å². The molecule has 7 heteroatoms. The van der Waals surface area contributed by atoms with Crippen molar-refractivity contribution < 1.29 is 9.90 Å². The van der Waals surface area contributed by atoms with Gasteiger partial charge >= 0.3 is 0 Å². The lowest BCUT2D eigenvalue weighted by molar-refractivity contribution is 0.0951. The lowest BCUT2D eigenvalue weighted by Crippen LogP contribution is -2.34. The van der Waals surface area contributed by atoms with Crippen molar-refractivity contribution >= 4 is 16.9 Å². The summed E-state index contributed by atoms with van der Waals surface area (Å²) in [4.78, 5) is 20.2. The van der Waals surface area contributed by atoms with Crippen LogP contribution in [0.3, 0.4) is 0 Å². The summed E-state index contributed by atoms with van der Waals surface area (Å²) < 4.78 is 0. The van der Waals surface area contributed by atoms with Gasteiger partial charge in [-0.1, -0.05) is 30.3 Å². The average molecular weight is 442 g/mol. The molecule has 3 heterocycles. The van der Waals surface area contributed by atoms with Gasteiger partial charge in [0.2, 0.25) is 0 Å². The molecule has 0 bridgehead atoms. The number of phenolic OH excluding ortho intramolecular Hbond substituents is 1. The number of nitrogens with one attached hydrogen (secondary N) is 2. The smallest absolute Gasteiger partial charge is 0.252 e. The van der Waals surface area contributed by atoms with E-state index in [0.29, 0.717) is 29.4 Å². The zero-order valence-electron chi connectivity index (χ0n) is 18.6. The van der Waals surface area contributed by atoms with Crippen LogP contribution in [0.5, 0.6) is 5.75 Å². The molecule has 1 amide bonds. The summed E-state index contributed by atoms with van der Waals surface area (Å²) in [7, 11) is 0. The predicted octanol–water partition coefficient (Wildman–Crippen LogP) is 3.86. The van der Waals surface area contributed by atoms with Crippen LogP contribution in [0.15, 0.2) is 60.7 Å². The maximum atomic E-state index is 13.2. The minimum absolute atomic E-state index is 0.134. The quantitative estimate of drug-likeness (QED) is 0.422. The molecule has 4 aromatic rings. The Morgan fingerprint density at radius 3 is 2.76 bits per heavy atom. The molecule has 168 valence electrons. The highest BCUT2D eigenvalue weighted by molar-refractivity contribution is 6.07. The molecule has 0 saturated carbocycles. The fourth-order valence-electron chi connectivity index (χ4n) is 4.60. The number of nitrogens with zero attached hydrogens (tertiary/aromatic N) is 3. The first kappa shape index (κ1) is 21.2. The molecule has 33 heavy (non-hydrogen) atoms. The van der Waals surface area contributed by atoms with Crippen molar-refractivity contribution in [1.29, 1.82) is 0 Å². The molecule has 0 spiro atoms. The molecular weight excluding hydrogens is 414 g/mol. The van der Waals surface area contributed by atoms with E-state index in [4.69, 9.17) is 0 Å². The van der Waals surface area contributed by atoms with E-state index >= 15 is 0 Å². The van der Waals surface area contributed by atoms with Gasteiger partial charge < -0.3 is 15.3 Å². The number of phenols is 1. The number of rotatable bonds is 6. The van der Waals surface area contributed by atoms with Gasteiger partial charge in [0.15, 0.2) is 5.65 Å². The van der Waals surface area contributed by atoms with Gasteiger partial charge in [0, 0.05) is 25.2 Å². The van der Waals surface area contributed by atoms with Gasteiger partial charge in [-0.15, -0.1) is 0 Å². The number of carbonyl (C=O) groups excluding carboxylic acids is 1. The topological polar surface area (TPSA) is 94.1 Å². The Labute approximate surface area is 192 Å². The Kier molecular flexibility index (Phi) is 5.79. The maximum absolute atomic E-state index is 13.2. The van der Waals surface area contributed by atoms with Crippen molar-refractivity contribution in [2.45, 2.75) is 19.3 Å². The minimum atomic E-state index is -0.134. The van der Waals surface area contributed by atoms with E-state index in [0.717, 1.165) is 42.7 Å². The Balaban J connectivity index is 1.28. The number of amides is 1. The van der Waals surface area contributed by atoms with Crippen molar-refractivity contribution in [3.8, 4) is 17.0 Å². The van der Waals surface area contributed by atoms with Crippen molar-refractivity contribution in [3.63, 3.8) is 0 Å². The Morgan fingerprint density at radius 1 is 1.18 bits per heavy atom. The summed E-state index contributed by atoms with van der Waals surface area (Å²) >= 11 is 0. The summed E-state index contributed by atoms with van der Waals surface area (Å²) in [6.45, 7) is 5.32. The van der Waals surface area contributed by atoms with E-state index in [1.54, 1.807) is 30.3 Å². The highest BCUT2D eigenvalue weighted by atomic mass is 16.3. The predicted molar refractivity (Wildman–Crippen MR) is 128 cm³/mol. The summed E-state index contributed by atoms with van der Waals surface area (Å²) in [5.41, 5.74) is 4.73. The van der Waals surface area contributed by atoms with Crippen molar-refractivity contribution in [1.82, 2.24) is 25.4 Å². The molecule has 2 aromatic carbocycles. The number of H-pyrrole nitrogens is 1. The van der Waals surface area contributed by atoms with Gasteiger partial charge in [-0.2, -0.15) is 5.10 Å². The van der Waals surface area contributed by atoms with Gasteiger partial charge in [-0.3, -0.25) is 9.89 Å². The van der Waals surface area contributed by atoms with Crippen LogP contribution in [-0.2, 0) is 0 Å². The number of likely N-dealkylation sites (tertiary alicyclic amines) is 1. The van der Waals surface area contributed by atoms with Gasteiger partial charge in [-0.25, -0.2) is 4.98 Å². The molecule has 5 rings (SSSR count). The molecule has 3 N–H and O–H groups in total. The molecule has 1 saturated heterocycles. The maximum Gasteiger partial charge on any atom is 0.252 e. The molecule has 1 fully saturated rings. The first-order chi connectivity index (χ1) is 16.1. The first-order valence-corrected chi connectivity index (χ1v) is 11.3. The van der Waals surface area contributed by atoms with Crippen molar-refractivity contribution in [2.24, 2.45) is 0 Å². The molecular formula is C26H27N5O2. The van der Waals surface area contributed by atoms with Crippen LogP contribution in [0.2, 0.25) is 0 Å². The number of aromatic amines is 1. The van der Waals surface area contributed by atoms with E-state index < -0.39 is 0 Å². The molecule has 2 aromatic heterocycles. The van der Waals surface area contributed by atoms with Crippen LogP contribution in [0.25, 0.3) is 22.3 Å². The number of aryl methyl sites for hydroxylation is 1. The zero-order valence-corrected chi connectivity index (χ0v) is 18.6. The molecule has 1 aliphatic rings. The van der Waals surface area contributed by atoms with Crippen LogP contribution in [-0.4, -0.2) is 57.3 Å². The molecule has 1 atom stereocenters. The van der Waals surface area contributed by atoms with Crippen molar-refractivity contribution in [2.75, 3.05) is 26.2 Å². The number of aromatic nitrogens is 3. The standard InChI is InChI=1S/C26H27N5O2/c1-17-24-22(15-23(28-25(24)30-29-17)19-7-9-21(32)10-8-19)26(33)27-12-14-31-13-11-20(16-31)18-5-3-2-4-6-18/h2-10,15,20,32H,11-14,16H2,1H3,(H,27,33)(H,28,29,30). The van der Waals surface area contributed by atoms with E-state index in [2.05, 4.69) is 55.7 Å². The van der Waals surface area contributed by atoms with E-state index in [1.807, 2.05) is 6.92 Å². The van der Waals surface area contributed by atoms with Crippen LogP contribution < -0.4 is 5.32 Å². The minimum Gasteiger partial charge on any atom is -0.508 e. The van der Waals surface area contributed by atoms with E-state index in [-0.39, 0.29) is 11.7 Å². The fraction of sp³-hybridized carbons (Fsp3) is 0.269. The summed E-state index contributed by atoms with van der Waals surface area (Å²) in [5, 5.41) is 20.6. The summed E-state index contributed by atoms with van der Waals surface area (Å²) in [6.07, 6.45) is 1.15. The number of hydrogen-bond acceptors (Lipinski definition) is 5. The normalized spacial score (nSPS) is 16.3. The molecule has 7 nitrogen and oxygen atoms in total. The molecule has 0 radical (unpaired) electrons. The fourth-order valence-corrected chi connectivity index (χ4v) is 4.60. The van der Waals surface area contributed by atoms with Crippen LogP contribution in [0.1, 0.15) is 34.0 Å². The number of hydrogen-bond donors (Lipinski definition) is 3. The van der Waals surface area contributed by atoms with Gasteiger partial charge in [0.1, 0.15) is 5.75 Å². The lowest BCUT2D eigenvalue weighted by atomic mass is 9.99. The summed E-state index contributed by atoms with van der Waals surface area (Å²) in [6, 6.07) is 19.2. The van der Waals surface area contributed by atoms with Gasteiger partial charge in [-0.05, 0) is 61.7 Å².